The van der Waals surface area contributed by atoms with Gasteiger partial charge in [0.25, 0.3) is 0 Å². The summed E-state index contributed by atoms with van der Waals surface area (Å²) < 4.78 is 233. The quantitative estimate of drug-likeness (QED) is 0.209. The van der Waals surface area contributed by atoms with Gasteiger partial charge in [-0.2, -0.15) is 74.6 Å². The normalized spacial score (nSPS) is 15.2. The minimum Gasteiger partial charge on any atom is -0.497 e. The lowest BCUT2D eigenvalue weighted by Crippen LogP contribution is -2.74. The van der Waals surface area contributed by atoms with Crippen molar-refractivity contribution in [2.75, 3.05) is 7.11 Å². The van der Waals surface area contributed by atoms with E-state index in [0.29, 0.717) is 28.7 Å². The number of hydrogen-bond donors (Lipinski definition) is 0. The zero-order valence-corrected chi connectivity index (χ0v) is 19.5. The fraction of sp³-hybridized carbons (Fsp3) is 0.529. The van der Waals surface area contributed by atoms with Gasteiger partial charge in [-0.15, -0.1) is 0 Å². The van der Waals surface area contributed by atoms with Gasteiger partial charge >= 0.3 is 47.6 Å². The lowest BCUT2D eigenvalue weighted by atomic mass is 9.88. The van der Waals surface area contributed by atoms with Crippen molar-refractivity contribution in [1.29, 1.82) is 0 Å². The van der Waals surface area contributed by atoms with Crippen LogP contribution in [0.25, 0.3) is 11.0 Å². The first kappa shape index (κ1) is 32.1. The third-order valence-corrected chi connectivity index (χ3v) is 5.60. The third kappa shape index (κ3) is 4.16. The van der Waals surface area contributed by atoms with Crippen LogP contribution in [-0.4, -0.2) is 58.8 Å². The van der Waals surface area contributed by atoms with Gasteiger partial charge in [0.1, 0.15) is 15.1 Å². The molecule has 1 heterocycles. The van der Waals surface area contributed by atoms with E-state index in [-0.39, 0.29) is 5.75 Å². The van der Waals surface area contributed by atoms with Crippen molar-refractivity contribution in [3.8, 4) is 5.75 Å². The Labute approximate surface area is 211 Å². The molecule has 3 nitrogen and oxygen atoms in total. The topological polar surface area (TPSA) is 35.0 Å². The molecule has 0 amide bonds. The molecule has 2 rings (SSSR count). The Morgan fingerprint density at radius 3 is 1.42 bits per heavy atom. The Balaban J connectivity index is 2.73. The smallest absolute Gasteiger partial charge is 0.460 e. The van der Waals surface area contributed by atoms with E-state index < -0.39 is 68.1 Å². The predicted octanol–water partition coefficient (Wildman–Crippen LogP) is 7.71. The molecule has 216 valence electrons. The maximum Gasteiger partial charge on any atom is 0.460 e. The molecule has 0 saturated heterocycles. The van der Waals surface area contributed by atoms with Gasteiger partial charge in [-0.25, -0.2) is 9.97 Å². The van der Waals surface area contributed by atoms with Crippen LogP contribution in [0.4, 0.5) is 74.6 Å². The summed E-state index contributed by atoms with van der Waals surface area (Å²) in [5, 5.41) is 0. The molecule has 0 aliphatic rings. The van der Waals surface area contributed by atoms with E-state index in [2.05, 4.69) is 9.97 Å². The van der Waals surface area contributed by atoms with Crippen LogP contribution in [-0.2, 0) is 5.92 Å². The number of ether oxygens (including phenoxy) is 1. The minimum absolute atomic E-state index is 0.0440. The molecule has 0 N–H and O–H groups in total. The molecule has 0 radical (unpaired) electrons. The van der Waals surface area contributed by atoms with Gasteiger partial charge in [0.15, 0.2) is 0 Å². The number of benzene rings is 1. The number of rotatable bonds is 8. The molecule has 0 unspecified atom stereocenters. The van der Waals surface area contributed by atoms with Crippen LogP contribution >= 0.6 is 22.6 Å². The summed E-state index contributed by atoms with van der Waals surface area (Å²) in [6.07, 6.45) is -7.81. The van der Waals surface area contributed by atoms with Gasteiger partial charge in [-0.3, -0.25) is 0 Å². The van der Waals surface area contributed by atoms with Crippen LogP contribution in [0, 0.1) is 3.70 Å². The molecular formula is C17H6F17IN2O. The summed E-state index contributed by atoms with van der Waals surface area (Å²) in [6, 6.07) is 2.56. The van der Waals surface area contributed by atoms with Crippen molar-refractivity contribution in [2.45, 2.75) is 47.6 Å². The van der Waals surface area contributed by atoms with Gasteiger partial charge in [0, 0.05) is 6.07 Å². The number of alkyl halides is 17. The second kappa shape index (κ2) is 8.96. The van der Waals surface area contributed by atoms with Gasteiger partial charge in [0.2, 0.25) is 0 Å². The van der Waals surface area contributed by atoms with Crippen molar-refractivity contribution >= 4 is 33.6 Å². The van der Waals surface area contributed by atoms with E-state index in [1.165, 1.54) is 0 Å². The fourth-order valence-corrected chi connectivity index (χ4v) is 3.37. The number of methoxy groups -OCH3 is 1. The Morgan fingerprint density at radius 2 is 1.00 bits per heavy atom. The second-order valence-corrected chi connectivity index (χ2v) is 8.26. The van der Waals surface area contributed by atoms with Crippen molar-refractivity contribution in [3.05, 3.63) is 27.6 Å². The summed E-state index contributed by atoms with van der Waals surface area (Å²) >= 11 is 0.642. The predicted molar refractivity (Wildman–Crippen MR) is 98.4 cm³/mol. The van der Waals surface area contributed by atoms with Crippen molar-refractivity contribution in [1.82, 2.24) is 9.97 Å². The zero-order chi connectivity index (χ0) is 30.1. The summed E-state index contributed by atoms with van der Waals surface area (Å²) in [4.78, 5) is 6.09. The molecule has 1 aromatic carbocycles. The van der Waals surface area contributed by atoms with Crippen molar-refractivity contribution in [2.24, 2.45) is 0 Å². The Hall–Kier alpha value is -2.10. The molecule has 1 aromatic heterocycles. The highest BCUT2D eigenvalue weighted by atomic mass is 127. The number of aromatic nitrogens is 2. The first-order valence-electron chi connectivity index (χ1n) is 8.90. The number of fused-ring (bicyclic) bond motifs is 1. The standard InChI is InChI=1S/C17H6F17IN2O/c1-38-5-2-3-6-7(4-5)37-9(35)8(36-6)10(18,19)11(20,21)12(22,23)13(24,25)14(26,27)15(28,29)16(30,31)17(32,33)34/h2-4H,1H3. The van der Waals surface area contributed by atoms with E-state index in [1.807, 2.05) is 0 Å². The molecule has 2 aromatic rings. The fourth-order valence-electron chi connectivity index (χ4n) is 2.65. The van der Waals surface area contributed by atoms with Crippen LogP contribution in [0.5, 0.6) is 5.75 Å². The molecule has 0 bridgehead atoms. The average Bonchev–Trinajstić information content (AvgIpc) is 2.76. The first-order chi connectivity index (χ1) is 16.7. The summed E-state index contributed by atoms with van der Waals surface area (Å²) in [5.74, 6) is -57.3. The molecule has 0 saturated carbocycles. The lowest BCUT2D eigenvalue weighted by molar-refractivity contribution is -0.463. The van der Waals surface area contributed by atoms with Gasteiger partial charge in [-0.1, -0.05) is 0 Å². The molecule has 38 heavy (non-hydrogen) atoms. The van der Waals surface area contributed by atoms with Gasteiger partial charge < -0.3 is 4.74 Å². The molecule has 0 aliphatic carbocycles. The molecule has 0 spiro atoms. The van der Waals surface area contributed by atoms with Crippen LogP contribution in [0.1, 0.15) is 5.69 Å². The Morgan fingerprint density at radius 1 is 0.579 bits per heavy atom. The summed E-state index contributed by atoms with van der Waals surface area (Å²) in [5.41, 5.74) is -3.87. The molecule has 0 fully saturated rings. The van der Waals surface area contributed by atoms with E-state index in [1.54, 1.807) is 0 Å². The van der Waals surface area contributed by atoms with E-state index in [4.69, 9.17) is 4.74 Å². The molecular weight excluding hydrogens is 698 g/mol. The molecule has 0 atom stereocenters. The van der Waals surface area contributed by atoms with Crippen LogP contribution in [0.3, 0.4) is 0 Å². The highest BCUT2D eigenvalue weighted by Gasteiger charge is 2.95. The van der Waals surface area contributed by atoms with Crippen molar-refractivity contribution < 1.29 is 79.4 Å². The number of nitrogens with zero attached hydrogens (tertiary/aromatic N) is 2. The van der Waals surface area contributed by atoms with E-state index in [0.717, 1.165) is 19.2 Å². The zero-order valence-electron chi connectivity index (χ0n) is 17.3. The van der Waals surface area contributed by atoms with E-state index in [9.17, 15) is 74.6 Å². The number of halogens is 18. The first-order valence-corrected chi connectivity index (χ1v) is 9.98. The Bertz CT molecular complexity index is 1210. The van der Waals surface area contributed by atoms with Crippen LogP contribution in [0.2, 0.25) is 0 Å². The van der Waals surface area contributed by atoms with E-state index >= 15 is 0 Å². The minimum atomic E-state index is -8.69. The number of hydrogen-bond acceptors (Lipinski definition) is 3. The van der Waals surface area contributed by atoms with Crippen LogP contribution < -0.4 is 4.74 Å². The lowest BCUT2D eigenvalue weighted by Gasteiger charge is -2.42. The molecule has 21 heteroatoms. The van der Waals surface area contributed by atoms with Gasteiger partial charge in [-0.05, 0) is 34.7 Å². The summed E-state index contributed by atoms with van der Waals surface area (Å²) in [7, 11) is 1.09. The largest absolute Gasteiger partial charge is 0.497 e. The van der Waals surface area contributed by atoms with Gasteiger partial charge in [0.05, 0.1) is 18.1 Å². The van der Waals surface area contributed by atoms with Crippen molar-refractivity contribution in [3.63, 3.8) is 0 Å². The second-order valence-electron chi connectivity index (χ2n) is 7.24. The highest BCUT2D eigenvalue weighted by Crippen LogP contribution is 2.65. The highest BCUT2D eigenvalue weighted by molar-refractivity contribution is 14.1. The third-order valence-electron chi connectivity index (χ3n) is 4.85. The maximum absolute atomic E-state index is 14.5. The maximum atomic E-state index is 14.5. The van der Waals surface area contributed by atoms with Crippen LogP contribution in [0.15, 0.2) is 18.2 Å². The average molecular weight is 704 g/mol. The monoisotopic (exact) mass is 704 g/mol. The summed E-state index contributed by atoms with van der Waals surface area (Å²) in [6.45, 7) is 0. The molecule has 0 aliphatic heterocycles. The Kier molecular flexibility index (Phi) is 7.57. The SMILES string of the molecule is COc1ccc2nc(C(F)(F)C(F)(F)C(F)(F)C(F)(F)C(F)(F)C(F)(F)C(F)(F)C(F)(F)F)c(I)nc2c1.